The molecule has 0 aliphatic rings. The van der Waals surface area contributed by atoms with Crippen molar-refractivity contribution in [2.24, 2.45) is 0 Å². The monoisotopic (exact) mass is 264 g/mol. The molecule has 0 aromatic carbocycles. The van der Waals surface area contributed by atoms with Crippen molar-refractivity contribution in [1.29, 1.82) is 0 Å². The van der Waals surface area contributed by atoms with Gasteiger partial charge in [0.1, 0.15) is 0 Å². The standard InChI is InChI=1S/3CH2O3.Fe.Na/c3*2-1(3)4;;/h3*(H2,2,3,4);;/q;;;;+1/p-1. The second kappa shape index (κ2) is 22.8. The maximum atomic E-state index is 8.56. The summed E-state index contributed by atoms with van der Waals surface area (Å²) in [5.74, 6) is 0. The van der Waals surface area contributed by atoms with Crippen LogP contribution in [0.5, 0.6) is 0 Å². The number of carboxylic acid groups (broad SMARTS) is 6. The Balaban J connectivity index is -0.0000000270. The molecule has 0 spiro atoms. The van der Waals surface area contributed by atoms with Crippen molar-refractivity contribution in [2.45, 2.75) is 0 Å². The molecule has 0 amide bonds. The molecule has 0 unspecified atom stereocenters. The second-order valence-corrected chi connectivity index (χ2v) is 0.831. The zero-order valence-electron chi connectivity index (χ0n) is 6.72. The van der Waals surface area contributed by atoms with Gasteiger partial charge in [-0.05, 0) is 0 Å². The molecule has 9 nitrogen and oxygen atoms in total. The average molecular weight is 264 g/mol. The Morgan fingerprint density at radius 2 is 0.786 bits per heavy atom. The van der Waals surface area contributed by atoms with Crippen molar-refractivity contribution in [1.82, 2.24) is 0 Å². The molecular weight excluding hydrogens is 259 g/mol. The van der Waals surface area contributed by atoms with E-state index in [2.05, 4.69) is 0 Å². The van der Waals surface area contributed by atoms with E-state index in [0.29, 0.717) is 0 Å². The predicted molar refractivity (Wildman–Crippen MR) is 29.3 cm³/mol. The average Bonchev–Trinajstić information content (AvgIpc) is 1.54. The summed E-state index contributed by atoms with van der Waals surface area (Å²) in [5.41, 5.74) is 0. The third-order valence-electron chi connectivity index (χ3n) is 0. The van der Waals surface area contributed by atoms with Crippen LogP contribution < -0.4 is 34.7 Å². The molecule has 0 heterocycles. The predicted octanol–water partition coefficient (Wildman–Crippen LogP) is -3.67. The molecule has 0 saturated carbocycles. The van der Waals surface area contributed by atoms with E-state index in [1.54, 1.807) is 0 Å². The molecule has 0 radical (unpaired) electrons. The molecule has 0 fully saturated rings. The van der Waals surface area contributed by atoms with E-state index in [1.165, 1.54) is 0 Å². The molecule has 0 aliphatic carbocycles. The Labute approximate surface area is 110 Å². The van der Waals surface area contributed by atoms with E-state index in [0.717, 1.165) is 0 Å². The second-order valence-electron chi connectivity index (χ2n) is 0.831. The number of hydrogen-bond acceptors (Lipinski definition) is 4. The number of carbonyl (C=O) groups is 3. The summed E-state index contributed by atoms with van der Waals surface area (Å²) in [6.45, 7) is 0. The molecule has 0 rings (SSSR count). The van der Waals surface area contributed by atoms with E-state index >= 15 is 0 Å². The van der Waals surface area contributed by atoms with Gasteiger partial charge in [-0.1, -0.05) is 0 Å². The van der Waals surface area contributed by atoms with Gasteiger partial charge >= 0.3 is 41.9 Å². The fourth-order valence-electron chi connectivity index (χ4n) is 0. The van der Waals surface area contributed by atoms with Crippen LogP contribution in [0.15, 0.2) is 0 Å². The number of rotatable bonds is 0. The fraction of sp³-hybridized carbons (Fsp3) is 0. The Hall–Kier alpha value is -0.671. The van der Waals surface area contributed by atoms with Gasteiger partial charge in [-0.25, -0.2) is 9.59 Å². The van der Waals surface area contributed by atoms with Gasteiger partial charge < -0.3 is 35.4 Å². The molecule has 0 atom stereocenters. The van der Waals surface area contributed by atoms with Crippen LogP contribution in [0, 0.1) is 0 Å². The first kappa shape index (κ1) is 29.2. The van der Waals surface area contributed by atoms with Crippen LogP contribution in [-0.2, 0) is 17.1 Å². The van der Waals surface area contributed by atoms with Crippen LogP contribution >= 0.6 is 0 Å². The molecule has 0 aromatic rings. The fourth-order valence-corrected chi connectivity index (χ4v) is 0. The molecule has 0 bridgehead atoms. The maximum Gasteiger partial charge on any atom is 1.00 e. The molecule has 11 heteroatoms. The van der Waals surface area contributed by atoms with Crippen LogP contribution in [0.3, 0.4) is 0 Å². The van der Waals surface area contributed by atoms with E-state index in [9.17, 15) is 0 Å². The molecule has 14 heavy (non-hydrogen) atoms. The molecule has 0 aliphatic heterocycles. The van der Waals surface area contributed by atoms with E-state index in [-0.39, 0.29) is 46.6 Å². The van der Waals surface area contributed by atoms with Gasteiger partial charge in [0.25, 0.3) is 0 Å². The molecular formula is C3H5FeNaO9. The Morgan fingerprint density at radius 3 is 0.786 bits per heavy atom. The van der Waals surface area contributed by atoms with Crippen LogP contribution in [0.1, 0.15) is 0 Å². The van der Waals surface area contributed by atoms with Crippen LogP contribution in [0.4, 0.5) is 14.4 Å². The molecule has 0 aromatic heterocycles. The first-order valence-corrected chi connectivity index (χ1v) is 1.93. The summed E-state index contributed by atoms with van der Waals surface area (Å²) in [4.78, 5) is 25.6. The van der Waals surface area contributed by atoms with E-state index < -0.39 is 18.5 Å². The van der Waals surface area contributed by atoms with Gasteiger partial charge in [0.15, 0.2) is 0 Å². The number of hydrogen-bond donors (Lipinski definition) is 5. The molecule has 80 valence electrons. The normalized spacial score (nSPS) is 5.14. The minimum absolute atomic E-state index is 0. The minimum atomic E-state index is -2.08. The molecule has 5 N–H and O–H groups in total. The van der Waals surface area contributed by atoms with Crippen molar-refractivity contribution >= 4 is 18.5 Å². The Kier molecular flexibility index (Phi) is 47.6. The smallest absolute Gasteiger partial charge is 0.565 e. The van der Waals surface area contributed by atoms with Gasteiger partial charge in [-0.3, -0.25) is 0 Å². The van der Waals surface area contributed by atoms with Crippen LogP contribution in [0.2, 0.25) is 0 Å². The van der Waals surface area contributed by atoms with Crippen molar-refractivity contribution in [3.05, 3.63) is 0 Å². The van der Waals surface area contributed by atoms with Gasteiger partial charge in [-0.2, -0.15) is 0 Å². The van der Waals surface area contributed by atoms with Crippen molar-refractivity contribution in [3.8, 4) is 0 Å². The Bertz CT molecular complexity index is 118. The van der Waals surface area contributed by atoms with Crippen molar-refractivity contribution in [3.63, 3.8) is 0 Å². The Morgan fingerprint density at radius 1 is 0.786 bits per heavy atom. The van der Waals surface area contributed by atoms with Gasteiger partial charge in [-0.15, -0.1) is 0 Å². The zero-order chi connectivity index (χ0) is 10.7. The SMILES string of the molecule is O=C(O)O.O=C(O)O.O=C([O-])O.[Fe].[Na+]. The summed E-state index contributed by atoms with van der Waals surface area (Å²) in [6, 6.07) is 0. The molecule has 0 saturated heterocycles. The summed E-state index contributed by atoms with van der Waals surface area (Å²) >= 11 is 0. The van der Waals surface area contributed by atoms with Crippen molar-refractivity contribution in [2.75, 3.05) is 0 Å². The van der Waals surface area contributed by atoms with Crippen molar-refractivity contribution < 1.29 is 91.6 Å². The van der Waals surface area contributed by atoms with Crippen LogP contribution in [0.25, 0.3) is 0 Å². The topological polar surface area (TPSA) is 175 Å². The van der Waals surface area contributed by atoms with E-state index in [1.807, 2.05) is 0 Å². The quantitative estimate of drug-likeness (QED) is 0.276. The maximum absolute atomic E-state index is 8.56. The summed E-state index contributed by atoms with van der Waals surface area (Å²) in [7, 11) is 0. The third kappa shape index (κ3) is 2690. The summed E-state index contributed by atoms with van der Waals surface area (Å²) in [6.07, 6.45) is -5.75. The van der Waals surface area contributed by atoms with Gasteiger partial charge in [0.05, 0.1) is 0 Å². The van der Waals surface area contributed by atoms with Gasteiger partial charge in [0, 0.05) is 17.1 Å². The first-order chi connectivity index (χ1) is 5.20. The summed E-state index contributed by atoms with van der Waals surface area (Å²) in [5, 5.41) is 43.2. The van der Waals surface area contributed by atoms with Gasteiger partial charge in [0.2, 0.25) is 6.16 Å². The minimum Gasteiger partial charge on any atom is -0.565 e. The summed E-state index contributed by atoms with van der Waals surface area (Å²) < 4.78 is 0. The van der Waals surface area contributed by atoms with E-state index in [4.69, 9.17) is 45.0 Å². The van der Waals surface area contributed by atoms with Crippen LogP contribution in [-0.4, -0.2) is 44.0 Å². The first-order valence-electron chi connectivity index (χ1n) is 1.93. The third-order valence-corrected chi connectivity index (χ3v) is 0. The zero-order valence-corrected chi connectivity index (χ0v) is 9.83. The largest absolute Gasteiger partial charge is 1.00 e.